The average molecular weight is 450 g/mol. The molecule has 2 amide bonds. The Balaban J connectivity index is 1.61. The van der Waals surface area contributed by atoms with Crippen molar-refractivity contribution in [3.05, 3.63) is 47.5 Å². The number of aromatic hydroxyl groups is 4. The van der Waals surface area contributed by atoms with Crippen LogP contribution >= 0.6 is 0 Å². The van der Waals surface area contributed by atoms with Gasteiger partial charge in [-0.3, -0.25) is 9.59 Å². The minimum Gasteiger partial charge on any atom is -0.508 e. The van der Waals surface area contributed by atoms with E-state index in [0.717, 1.165) is 36.4 Å². The summed E-state index contributed by atoms with van der Waals surface area (Å²) in [5, 5.41) is 73.6. The molecule has 0 bridgehead atoms. The van der Waals surface area contributed by atoms with Crippen LogP contribution in [0.1, 0.15) is 20.7 Å². The van der Waals surface area contributed by atoms with Crippen LogP contribution in [0.4, 0.5) is 0 Å². The van der Waals surface area contributed by atoms with Gasteiger partial charge in [0.2, 0.25) is 0 Å². The standard InChI is InChI=1S/C20H22N2O10/c23-11-1-9(2-12(24)5-11)17(28)21-7-15-16(27)20(31,19(30)32-15)8-22-18(29)10-3-13(25)6-14(26)4-10/h1-6,15-16,19,23-27,30-31H,7-8H2,(H,21,28)(H,22,29)/t15-,16?,19?,20-/m1/s1. The minimum absolute atomic E-state index is 0.0765. The Kier molecular flexibility index (Phi) is 6.41. The van der Waals surface area contributed by atoms with Gasteiger partial charge in [-0.1, -0.05) is 0 Å². The first-order valence-corrected chi connectivity index (χ1v) is 9.36. The largest absolute Gasteiger partial charge is 0.508 e. The summed E-state index contributed by atoms with van der Waals surface area (Å²) in [5.41, 5.74) is -2.53. The van der Waals surface area contributed by atoms with E-state index >= 15 is 0 Å². The number of aliphatic hydroxyl groups excluding tert-OH is 2. The molecule has 0 spiro atoms. The molecular weight excluding hydrogens is 428 g/mol. The molecule has 1 saturated heterocycles. The van der Waals surface area contributed by atoms with Crippen LogP contribution in [0, 0.1) is 0 Å². The van der Waals surface area contributed by atoms with Crippen LogP contribution in [0.5, 0.6) is 23.0 Å². The molecule has 1 heterocycles. The van der Waals surface area contributed by atoms with Crippen LogP contribution in [0.15, 0.2) is 36.4 Å². The number of amides is 2. The molecule has 2 aromatic rings. The molecule has 12 heteroatoms. The highest BCUT2D eigenvalue weighted by Gasteiger charge is 2.55. The van der Waals surface area contributed by atoms with Crippen molar-refractivity contribution in [2.75, 3.05) is 13.1 Å². The van der Waals surface area contributed by atoms with Crippen molar-refractivity contribution in [2.24, 2.45) is 0 Å². The van der Waals surface area contributed by atoms with Gasteiger partial charge in [-0.15, -0.1) is 0 Å². The van der Waals surface area contributed by atoms with Gasteiger partial charge in [0.25, 0.3) is 11.8 Å². The predicted octanol–water partition coefficient (Wildman–Crippen LogP) is -1.52. The maximum Gasteiger partial charge on any atom is 0.251 e. The first-order valence-electron chi connectivity index (χ1n) is 9.36. The highest BCUT2D eigenvalue weighted by Crippen LogP contribution is 2.30. The zero-order chi connectivity index (χ0) is 23.6. The van der Waals surface area contributed by atoms with E-state index in [9.17, 15) is 45.3 Å². The van der Waals surface area contributed by atoms with Gasteiger partial charge >= 0.3 is 0 Å². The van der Waals surface area contributed by atoms with Crippen molar-refractivity contribution in [1.82, 2.24) is 10.6 Å². The molecule has 0 aromatic heterocycles. The van der Waals surface area contributed by atoms with E-state index in [1.807, 2.05) is 0 Å². The van der Waals surface area contributed by atoms with Crippen LogP contribution in [-0.4, -0.2) is 84.7 Å². The van der Waals surface area contributed by atoms with E-state index in [2.05, 4.69) is 10.6 Å². The summed E-state index contributed by atoms with van der Waals surface area (Å²) in [6, 6.07) is 6.37. The monoisotopic (exact) mass is 450 g/mol. The lowest BCUT2D eigenvalue weighted by Crippen LogP contribution is -2.56. The number of hydrogen-bond acceptors (Lipinski definition) is 10. The van der Waals surface area contributed by atoms with Gasteiger partial charge < -0.3 is 51.1 Å². The molecule has 2 aromatic carbocycles. The van der Waals surface area contributed by atoms with Crippen molar-refractivity contribution in [3.63, 3.8) is 0 Å². The minimum atomic E-state index is -2.33. The van der Waals surface area contributed by atoms with Crippen LogP contribution < -0.4 is 10.6 Å². The molecule has 1 aliphatic heterocycles. The zero-order valence-corrected chi connectivity index (χ0v) is 16.5. The number of phenolic OH excluding ortho intramolecular Hbond substituents is 4. The first kappa shape index (κ1) is 23.1. The average Bonchev–Trinajstić information content (AvgIpc) is 2.92. The van der Waals surface area contributed by atoms with E-state index in [0.29, 0.717) is 0 Å². The molecular formula is C20H22N2O10. The lowest BCUT2D eigenvalue weighted by molar-refractivity contribution is -0.172. The van der Waals surface area contributed by atoms with E-state index in [1.165, 1.54) is 0 Å². The Morgan fingerprint density at radius 1 is 0.812 bits per heavy atom. The van der Waals surface area contributed by atoms with Crippen LogP contribution in [0.25, 0.3) is 0 Å². The van der Waals surface area contributed by atoms with Crippen molar-refractivity contribution in [1.29, 1.82) is 0 Å². The van der Waals surface area contributed by atoms with E-state index in [4.69, 9.17) is 4.74 Å². The third kappa shape index (κ3) is 4.84. The SMILES string of the molecule is O=C(NC[C@H]1OC(O)[C@@](O)(CNC(=O)c2cc(O)cc(O)c2)C1O)c1cc(O)cc(O)c1. The third-order valence-corrected chi connectivity index (χ3v) is 4.92. The van der Waals surface area contributed by atoms with Crippen molar-refractivity contribution in [2.45, 2.75) is 24.1 Å². The number of nitrogens with one attached hydrogen (secondary N) is 2. The molecule has 12 nitrogen and oxygen atoms in total. The number of rotatable bonds is 6. The van der Waals surface area contributed by atoms with E-state index < -0.39 is 42.5 Å². The lowest BCUT2D eigenvalue weighted by atomic mass is 9.94. The fourth-order valence-electron chi connectivity index (χ4n) is 3.25. The Morgan fingerprint density at radius 3 is 1.72 bits per heavy atom. The molecule has 2 unspecified atom stereocenters. The second kappa shape index (κ2) is 8.88. The number of carbonyl (C=O) groups excluding carboxylic acids is 2. The summed E-state index contributed by atoms with van der Waals surface area (Å²) in [6.45, 7) is -1.01. The molecule has 3 rings (SSSR count). The maximum atomic E-state index is 12.2. The highest BCUT2D eigenvalue weighted by molar-refractivity contribution is 5.95. The fraction of sp³-hybridized carbons (Fsp3) is 0.300. The zero-order valence-electron chi connectivity index (χ0n) is 16.5. The molecule has 32 heavy (non-hydrogen) atoms. The Labute approximate surface area is 180 Å². The van der Waals surface area contributed by atoms with Gasteiger partial charge in [0.1, 0.15) is 35.2 Å². The smallest absolute Gasteiger partial charge is 0.251 e. The van der Waals surface area contributed by atoms with Crippen molar-refractivity contribution >= 4 is 11.8 Å². The molecule has 0 radical (unpaired) electrons. The number of benzene rings is 2. The normalized spacial score (nSPS) is 24.8. The first-order chi connectivity index (χ1) is 15.0. The number of ether oxygens (including phenoxy) is 1. The molecule has 172 valence electrons. The summed E-state index contributed by atoms with van der Waals surface area (Å²) in [6.07, 6.45) is -4.90. The molecule has 4 atom stereocenters. The Bertz CT molecular complexity index is 989. The van der Waals surface area contributed by atoms with Gasteiger partial charge in [-0.2, -0.15) is 0 Å². The summed E-state index contributed by atoms with van der Waals surface area (Å²) >= 11 is 0. The number of carbonyl (C=O) groups is 2. The molecule has 0 aliphatic carbocycles. The highest BCUT2D eigenvalue weighted by atomic mass is 16.6. The quantitative estimate of drug-likeness (QED) is 0.248. The molecule has 0 saturated carbocycles. The van der Waals surface area contributed by atoms with Gasteiger partial charge in [0, 0.05) is 29.8 Å². The van der Waals surface area contributed by atoms with Crippen LogP contribution in [-0.2, 0) is 4.74 Å². The number of aliphatic hydroxyl groups is 3. The Morgan fingerprint density at radius 2 is 1.25 bits per heavy atom. The number of hydrogen-bond donors (Lipinski definition) is 9. The second-order valence-electron chi connectivity index (χ2n) is 7.33. The summed E-state index contributed by atoms with van der Waals surface area (Å²) in [7, 11) is 0. The second-order valence-corrected chi connectivity index (χ2v) is 7.33. The van der Waals surface area contributed by atoms with Crippen LogP contribution in [0.3, 0.4) is 0 Å². The maximum absolute atomic E-state index is 12.2. The molecule has 9 N–H and O–H groups in total. The fourth-order valence-corrected chi connectivity index (χ4v) is 3.25. The summed E-state index contributed by atoms with van der Waals surface area (Å²) < 4.78 is 5.11. The topological polar surface area (TPSA) is 209 Å². The third-order valence-electron chi connectivity index (χ3n) is 4.92. The lowest BCUT2D eigenvalue weighted by Gasteiger charge is -2.28. The summed E-state index contributed by atoms with van der Waals surface area (Å²) in [5.74, 6) is -2.96. The van der Waals surface area contributed by atoms with Crippen molar-refractivity contribution in [3.8, 4) is 23.0 Å². The van der Waals surface area contributed by atoms with Gasteiger partial charge in [-0.25, -0.2) is 0 Å². The van der Waals surface area contributed by atoms with Gasteiger partial charge in [-0.05, 0) is 24.3 Å². The van der Waals surface area contributed by atoms with Gasteiger partial charge in [0.05, 0.1) is 6.54 Å². The van der Waals surface area contributed by atoms with Crippen molar-refractivity contribution < 1.29 is 50.1 Å². The predicted molar refractivity (Wildman–Crippen MR) is 106 cm³/mol. The van der Waals surface area contributed by atoms with Crippen LogP contribution in [0.2, 0.25) is 0 Å². The number of phenols is 4. The van der Waals surface area contributed by atoms with E-state index in [1.54, 1.807) is 0 Å². The summed E-state index contributed by atoms with van der Waals surface area (Å²) in [4.78, 5) is 24.4. The molecule has 1 fully saturated rings. The Hall–Kier alpha value is -3.58. The van der Waals surface area contributed by atoms with E-state index in [-0.39, 0.29) is 40.7 Å². The molecule has 1 aliphatic rings. The van der Waals surface area contributed by atoms with Gasteiger partial charge in [0.15, 0.2) is 11.9 Å².